The molecule has 0 aliphatic heterocycles. The number of hydrogen-bond acceptors (Lipinski definition) is 5. The average Bonchev–Trinajstić information content (AvgIpc) is 3.02. The number of aryl methyl sites for hydroxylation is 1. The normalized spacial score (nSPS) is 10.3. The Bertz CT molecular complexity index is 802. The number of anilines is 1. The van der Waals surface area contributed by atoms with Crippen LogP contribution in [-0.2, 0) is 4.79 Å². The summed E-state index contributed by atoms with van der Waals surface area (Å²) in [5.74, 6) is 0.439. The summed E-state index contributed by atoms with van der Waals surface area (Å²) < 4.78 is 5.47. The zero-order chi connectivity index (χ0) is 16.1. The summed E-state index contributed by atoms with van der Waals surface area (Å²) in [6, 6.07) is 11.4. The summed E-state index contributed by atoms with van der Waals surface area (Å²) in [5, 5.41) is 5.17. The van der Waals surface area contributed by atoms with Gasteiger partial charge in [0.1, 0.15) is 5.75 Å². The number of thiazole rings is 1. The van der Waals surface area contributed by atoms with Crippen LogP contribution in [0.3, 0.4) is 0 Å². The summed E-state index contributed by atoms with van der Waals surface area (Å²) in [6.45, 7) is 1.92. The van der Waals surface area contributed by atoms with Crippen molar-refractivity contribution < 1.29 is 9.53 Å². The smallest absolute Gasteiger partial charge is 0.264 e. The molecule has 1 N–H and O–H groups in total. The Morgan fingerprint density at radius 2 is 2.22 bits per heavy atom. The molecule has 0 saturated carbocycles. The number of carbonyl (C=O) groups is 1. The Hall–Kier alpha value is -2.73. The molecule has 0 radical (unpaired) electrons. The molecule has 2 aromatic heterocycles. The van der Waals surface area contributed by atoms with E-state index >= 15 is 0 Å². The van der Waals surface area contributed by atoms with E-state index in [0.717, 1.165) is 16.8 Å². The van der Waals surface area contributed by atoms with E-state index in [1.165, 1.54) is 11.3 Å². The van der Waals surface area contributed by atoms with Crippen molar-refractivity contribution in [2.24, 2.45) is 0 Å². The average molecular weight is 325 g/mol. The van der Waals surface area contributed by atoms with Gasteiger partial charge in [0.25, 0.3) is 5.91 Å². The molecule has 0 fully saturated rings. The van der Waals surface area contributed by atoms with Crippen molar-refractivity contribution in [1.29, 1.82) is 0 Å². The number of hydrogen-bond donors (Lipinski definition) is 1. The van der Waals surface area contributed by atoms with Gasteiger partial charge in [0.2, 0.25) is 0 Å². The van der Waals surface area contributed by atoms with E-state index in [-0.39, 0.29) is 12.5 Å². The number of rotatable bonds is 5. The third-order valence-electron chi connectivity index (χ3n) is 3.07. The minimum atomic E-state index is -0.237. The Kier molecular flexibility index (Phi) is 4.63. The summed E-state index contributed by atoms with van der Waals surface area (Å²) in [6.07, 6.45) is 3.45. The first-order valence-corrected chi connectivity index (χ1v) is 7.94. The van der Waals surface area contributed by atoms with Gasteiger partial charge in [0, 0.05) is 23.3 Å². The second kappa shape index (κ2) is 7.02. The molecule has 0 aliphatic carbocycles. The van der Waals surface area contributed by atoms with Crippen LogP contribution in [0.5, 0.6) is 5.75 Å². The third kappa shape index (κ3) is 4.14. The van der Waals surface area contributed by atoms with Crippen molar-refractivity contribution in [2.75, 3.05) is 11.9 Å². The number of nitrogens with one attached hydrogen (secondary N) is 1. The van der Waals surface area contributed by atoms with Gasteiger partial charge in [-0.15, -0.1) is 11.3 Å². The lowest BCUT2D eigenvalue weighted by Crippen LogP contribution is -2.20. The number of nitrogens with zero attached hydrogens (tertiary/aromatic N) is 2. The third-order valence-corrected chi connectivity index (χ3v) is 3.83. The van der Waals surface area contributed by atoms with Crippen LogP contribution >= 0.6 is 11.3 Å². The van der Waals surface area contributed by atoms with Crippen LogP contribution in [0.4, 0.5) is 5.13 Å². The van der Waals surface area contributed by atoms with Gasteiger partial charge in [-0.25, -0.2) is 4.98 Å². The fourth-order valence-corrected chi connectivity index (χ4v) is 2.72. The van der Waals surface area contributed by atoms with Crippen molar-refractivity contribution in [1.82, 2.24) is 9.97 Å². The van der Waals surface area contributed by atoms with Gasteiger partial charge >= 0.3 is 0 Å². The van der Waals surface area contributed by atoms with E-state index in [1.807, 2.05) is 48.7 Å². The SMILES string of the molecule is Cc1cccc(OCC(=O)Nc2nc(-c3cccnc3)cs2)c1. The first-order chi connectivity index (χ1) is 11.2. The highest BCUT2D eigenvalue weighted by molar-refractivity contribution is 7.14. The Balaban J connectivity index is 1.57. The van der Waals surface area contributed by atoms with Crippen molar-refractivity contribution in [3.63, 3.8) is 0 Å². The van der Waals surface area contributed by atoms with Gasteiger partial charge < -0.3 is 4.74 Å². The van der Waals surface area contributed by atoms with Crippen molar-refractivity contribution in [2.45, 2.75) is 6.92 Å². The molecule has 0 atom stereocenters. The molecule has 0 aliphatic rings. The molecular weight excluding hydrogens is 310 g/mol. The molecule has 3 rings (SSSR count). The number of carbonyl (C=O) groups excluding carboxylic acids is 1. The number of ether oxygens (including phenoxy) is 1. The van der Waals surface area contributed by atoms with Crippen LogP contribution in [0.1, 0.15) is 5.56 Å². The zero-order valence-corrected chi connectivity index (χ0v) is 13.3. The molecule has 1 amide bonds. The number of benzene rings is 1. The van der Waals surface area contributed by atoms with E-state index in [9.17, 15) is 4.79 Å². The summed E-state index contributed by atoms with van der Waals surface area (Å²) in [7, 11) is 0. The topological polar surface area (TPSA) is 64.1 Å². The summed E-state index contributed by atoms with van der Waals surface area (Å²) in [4.78, 5) is 20.4. The zero-order valence-electron chi connectivity index (χ0n) is 12.5. The number of pyridine rings is 1. The van der Waals surface area contributed by atoms with E-state index in [0.29, 0.717) is 10.9 Å². The number of aromatic nitrogens is 2. The molecule has 6 heteroatoms. The van der Waals surface area contributed by atoms with Crippen LogP contribution in [0, 0.1) is 6.92 Å². The fourth-order valence-electron chi connectivity index (χ4n) is 1.99. The molecule has 0 bridgehead atoms. The maximum absolute atomic E-state index is 11.9. The second-order valence-corrected chi connectivity index (χ2v) is 5.79. The van der Waals surface area contributed by atoms with Crippen LogP contribution in [-0.4, -0.2) is 22.5 Å². The van der Waals surface area contributed by atoms with Crippen molar-refractivity contribution in [3.05, 3.63) is 59.7 Å². The monoisotopic (exact) mass is 325 g/mol. The quantitative estimate of drug-likeness (QED) is 0.779. The maximum atomic E-state index is 11.9. The number of amides is 1. The highest BCUT2D eigenvalue weighted by atomic mass is 32.1. The van der Waals surface area contributed by atoms with Crippen LogP contribution < -0.4 is 10.1 Å². The van der Waals surface area contributed by atoms with Gasteiger partial charge in [0.15, 0.2) is 11.7 Å². The van der Waals surface area contributed by atoms with Gasteiger partial charge in [-0.2, -0.15) is 0 Å². The van der Waals surface area contributed by atoms with Crippen LogP contribution in [0.25, 0.3) is 11.3 Å². The minimum Gasteiger partial charge on any atom is -0.484 e. The molecule has 0 saturated heterocycles. The Morgan fingerprint density at radius 1 is 1.30 bits per heavy atom. The Labute approximate surface area is 138 Å². The minimum absolute atomic E-state index is 0.0503. The van der Waals surface area contributed by atoms with E-state index in [4.69, 9.17) is 4.74 Å². The molecule has 0 unspecified atom stereocenters. The summed E-state index contributed by atoms with van der Waals surface area (Å²) in [5.41, 5.74) is 2.79. The van der Waals surface area contributed by atoms with Crippen LogP contribution in [0.2, 0.25) is 0 Å². The van der Waals surface area contributed by atoms with Gasteiger partial charge in [-0.3, -0.25) is 15.1 Å². The predicted molar refractivity (Wildman–Crippen MR) is 90.6 cm³/mol. The largest absolute Gasteiger partial charge is 0.484 e. The fraction of sp³-hybridized carbons (Fsp3) is 0.118. The lowest BCUT2D eigenvalue weighted by molar-refractivity contribution is -0.118. The van der Waals surface area contributed by atoms with Gasteiger partial charge in [0.05, 0.1) is 5.69 Å². The highest BCUT2D eigenvalue weighted by Crippen LogP contribution is 2.24. The predicted octanol–water partition coefficient (Wildman–Crippen LogP) is 3.53. The van der Waals surface area contributed by atoms with Crippen molar-refractivity contribution >= 4 is 22.4 Å². The van der Waals surface area contributed by atoms with Crippen LogP contribution in [0.15, 0.2) is 54.2 Å². The van der Waals surface area contributed by atoms with E-state index < -0.39 is 0 Å². The molecule has 23 heavy (non-hydrogen) atoms. The van der Waals surface area contributed by atoms with E-state index in [2.05, 4.69) is 15.3 Å². The molecule has 0 spiro atoms. The molecule has 2 heterocycles. The summed E-state index contributed by atoms with van der Waals surface area (Å²) >= 11 is 1.37. The molecule has 116 valence electrons. The maximum Gasteiger partial charge on any atom is 0.264 e. The highest BCUT2D eigenvalue weighted by Gasteiger charge is 2.09. The first-order valence-electron chi connectivity index (χ1n) is 7.06. The molecule has 5 nitrogen and oxygen atoms in total. The molecule has 3 aromatic rings. The van der Waals surface area contributed by atoms with Crippen molar-refractivity contribution in [3.8, 4) is 17.0 Å². The Morgan fingerprint density at radius 3 is 3.00 bits per heavy atom. The standard InChI is InChI=1S/C17H15N3O2S/c1-12-4-2-6-14(8-12)22-10-16(21)20-17-19-15(11-23-17)13-5-3-7-18-9-13/h2-9,11H,10H2,1H3,(H,19,20,21). The van der Waals surface area contributed by atoms with E-state index in [1.54, 1.807) is 12.4 Å². The second-order valence-electron chi connectivity index (χ2n) is 4.93. The molecular formula is C17H15N3O2S. The lowest BCUT2D eigenvalue weighted by Gasteiger charge is -2.06. The molecule has 1 aromatic carbocycles. The van der Waals surface area contributed by atoms with Gasteiger partial charge in [-0.1, -0.05) is 12.1 Å². The lowest BCUT2D eigenvalue weighted by atomic mass is 10.2. The first kappa shape index (κ1) is 15.2. The van der Waals surface area contributed by atoms with Gasteiger partial charge in [-0.05, 0) is 36.8 Å².